The van der Waals surface area contributed by atoms with Crippen LogP contribution in [0.3, 0.4) is 0 Å². The Morgan fingerprint density at radius 2 is 1.87 bits per heavy atom. The predicted molar refractivity (Wildman–Crippen MR) is 117 cm³/mol. The van der Waals surface area contributed by atoms with Gasteiger partial charge in [-0.25, -0.2) is 8.42 Å². The molecule has 0 aliphatic carbocycles. The zero-order valence-corrected chi connectivity index (χ0v) is 18.9. The zero-order valence-electron chi connectivity index (χ0n) is 18.1. The van der Waals surface area contributed by atoms with Crippen molar-refractivity contribution in [2.24, 2.45) is 0 Å². The Hall–Kier alpha value is -2.72. The SMILES string of the molecule is CCN(CC)C(=O)c1cn[nH]c1[C@@H]1CCCCN1S(=O)(=O)c1ccc(NC(C)=O)cc1. The number of amides is 2. The summed E-state index contributed by atoms with van der Waals surface area (Å²) in [6.45, 7) is 6.69. The molecule has 31 heavy (non-hydrogen) atoms. The number of rotatable bonds is 7. The number of carbonyl (C=O) groups is 2. The molecule has 1 saturated heterocycles. The third-order valence-corrected chi connectivity index (χ3v) is 7.44. The number of sulfonamides is 1. The monoisotopic (exact) mass is 447 g/mol. The summed E-state index contributed by atoms with van der Waals surface area (Å²) in [5, 5.41) is 9.59. The van der Waals surface area contributed by atoms with E-state index < -0.39 is 16.1 Å². The lowest BCUT2D eigenvalue weighted by molar-refractivity contribution is -0.114. The van der Waals surface area contributed by atoms with Crippen LogP contribution in [0.1, 0.15) is 62.1 Å². The van der Waals surface area contributed by atoms with E-state index in [9.17, 15) is 18.0 Å². The van der Waals surface area contributed by atoms with Crippen LogP contribution in [0.15, 0.2) is 35.4 Å². The molecule has 2 amide bonds. The average molecular weight is 448 g/mol. The summed E-state index contributed by atoms with van der Waals surface area (Å²) in [6, 6.07) is 5.62. The summed E-state index contributed by atoms with van der Waals surface area (Å²) in [4.78, 5) is 26.0. The molecule has 10 heteroatoms. The highest BCUT2D eigenvalue weighted by Crippen LogP contribution is 2.36. The highest BCUT2D eigenvalue weighted by atomic mass is 32.2. The van der Waals surface area contributed by atoms with Crippen molar-refractivity contribution < 1.29 is 18.0 Å². The molecule has 1 fully saturated rings. The summed E-state index contributed by atoms with van der Waals surface area (Å²) >= 11 is 0. The van der Waals surface area contributed by atoms with Crippen LogP contribution in [0.4, 0.5) is 5.69 Å². The molecule has 0 saturated carbocycles. The first kappa shape index (κ1) is 23.0. The lowest BCUT2D eigenvalue weighted by atomic mass is 9.99. The minimum absolute atomic E-state index is 0.143. The van der Waals surface area contributed by atoms with Crippen LogP contribution in [0, 0.1) is 0 Å². The predicted octanol–water partition coefficient (Wildman–Crippen LogP) is 2.77. The Kier molecular flexibility index (Phi) is 7.11. The van der Waals surface area contributed by atoms with E-state index in [2.05, 4.69) is 15.5 Å². The minimum atomic E-state index is -3.81. The Bertz CT molecular complexity index is 1030. The fraction of sp³-hybridized carbons (Fsp3) is 0.476. The fourth-order valence-corrected chi connectivity index (χ4v) is 5.60. The summed E-state index contributed by atoms with van der Waals surface area (Å²) in [5.41, 5.74) is 1.48. The Labute approximate surface area is 182 Å². The number of piperidine rings is 1. The smallest absolute Gasteiger partial charge is 0.257 e. The van der Waals surface area contributed by atoms with Gasteiger partial charge in [0.2, 0.25) is 15.9 Å². The second kappa shape index (κ2) is 9.61. The molecule has 1 atom stereocenters. The van der Waals surface area contributed by atoms with Gasteiger partial charge < -0.3 is 10.2 Å². The topological polar surface area (TPSA) is 115 Å². The van der Waals surface area contributed by atoms with Gasteiger partial charge in [-0.3, -0.25) is 14.7 Å². The molecule has 1 aromatic heterocycles. The van der Waals surface area contributed by atoms with Crippen LogP contribution >= 0.6 is 0 Å². The van der Waals surface area contributed by atoms with Gasteiger partial charge in [-0.1, -0.05) is 6.42 Å². The Morgan fingerprint density at radius 1 is 1.19 bits per heavy atom. The molecule has 2 N–H and O–H groups in total. The van der Waals surface area contributed by atoms with Crippen molar-refractivity contribution in [3.05, 3.63) is 41.7 Å². The van der Waals surface area contributed by atoms with Gasteiger partial charge in [-0.05, 0) is 51.0 Å². The first-order chi connectivity index (χ1) is 14.8. The van der Waals surface area contributed by atoms with Crippen LogP contribution in [-0.4, -0.2) is 59.3 Å². The lowest BCUT2D eigenvalue weighted by Gasteiger charge is -2.34. The summed E-state index contributed by atoms with van der Waals surface area (Å²) < 4.78 is 28.4. The van der Waals surface area contributed by atoms with E-state index in [-0.39, 0.29) is 16.7 Å². The van der Waals surface area contributed by atoms with Crippen molar-refractivity contribution in [1.82, 2.24) is 19.4 Å². The third-order valence-electron chi connectivity index (χ3n) is 5.52. The van der Waals surface area contributed by atoms with Crippen molar-refractivity contribution in [3.8, 4) is 0 Å². The number of hydrogen-bond acceptors (Lipinski definition) is 5. The second-order valence-corrected chi connectivity index (χ2v) is 9.40. The number of H-pyrrole nitrogens is 1. The molecule has 9 nitrogen and oxygen atoms in total. The molecule has 0 radical (unpaired) electrons. The maximum Gasteiger partial charge on any atom is 0.257 e. The highest BCUT2D eigenvalue weighted by Gasteiger charge is 2.37. The van der Waals surface area contributed by atoms with Gasteiger partial charge in [0.15, 0.2) is 0 Å². The van der Waals surface area contributed by atoms with Crippen LogP contribution in [-0.2, 0) is 14.8 Å². The fourth-order valence-electron chi connectivity index (χ4n) is 3.93. The van der Waals surface area contributed by atoms with E-state index in [1.807, 2.05) is 13.8 Å². The molecule has 168 valence electrons. The van der Waals surface area contributed by atoms with Crippen LogP contribution in [0.5, 0.6) is 0 Å². The van der Waals surface area contributed by atoms with Gasteiger partial charge in [0.25, 0.3) is 5.91 Å². The van der Waals surface area contributed by atoms with E-state index >= 15 is 0 Å². The maximum absolute atomic E-state index is 13.5. The summed E-state index contributed by atoms with van der Waals surface area (Å²) in [7, 11) is -3.81. The van der Waals surface area contributed by atoms with Crippen molar-refractivity contribution in [3.63, 3.8) is 0 Å². The van der Waals surface area contributed by atoms with Crippen molar-refractivity contribution in [2.75, 3.05) is 25.0 Å². The maximum atomic E-state index is 13.5. The molecular formula is C21H29N5O4S. The normalized spacial score (nSPS) is 17.3. The number of aromatic nitrogens is 2. The first-order valence-corrected chi connectivity index (χ1v) is 12.0. The average Bonchev–Trinajstić information content (AvgIpc) is 3.24. The third kappa shape index (κ3) is 4.80. The molecule has 0 bridgehead atoms. The van der Waals surface area contributed by atoms with Gasteiger partial charge in [0, 0.05) is 32.2 Å². The highest BCUT2D eigenvalue weighted by molar-refractivity contribution is 7.89. The molecule has 1 aliphatic heterocycles. The number of hydrogen-bond donors (Lipinski definition) is 2. The van der Waals surface area contributed by atoms with Crippen molar-refractivity contribution in [2.45, 2.75) is 51.0 Å². The van der Waals surface area contributed by atoms with E-state index in [0.29, 0.717) is 43.0 Å². The van der Waals surface area contributed by atoms with E-state index in [1.54, 1.807) is 17.0 Å². The van der Waals surface area contributed by atoms with Crippen molar-refractivity contribution >= 4 is 27.5 Å². The number of nitrogens with zero attached hydrogens (tertiary/aromatic N) is 3. The second-order valence-electron chi connectivity index (χ2n) is 7.51. The van der Waals surface area contributed by atoms with Gasteiger partial charge in [0.1, 0.15) is 0 Å². The molecule has 1 aromatic carbocycles. The van der Waals surface area contributed by atoms with Crippen molar-refractivity contribution in [1.29, 1.82) is 0 Å². The van der Waals surface area contributed by atoms with Gasteiger partial charge in [-0.15, -0.1) is 0 Å². The molecule has 3 rings (SSSR count). The van der Waals surface area contributed by atoms with Gasteiger partial charge in [0.05, 0.1) is 28.4 Å². The molecule has 0 spiro atoms. The van der Waals surface area contributed by atoms with Gasteiger partial charge >= 0.3 is 0 Å². The van der Waals surface area contributed by atoms with Crippen LogP contribution in [0.2, 0.25) is 0 Å². The first-order valence-electron chi connectivity index (χ1n) is 10.5. The minimum Gasteiger partial charge on any atom is -0.339 e. The molecule has 2 aromatic rings. The van der Waals surface area contributed by atoms with E-state index in [4.69, 9.17) is 0 Å². The summed E-state index contributed by atoms with van der Waals surface area (Å²) in [6.07, 6.45) is 3.69. The lowest BCUT2D eigenvalue weighted by Crippen LogP contribution is -2.40. The number of benzene rings is 1. The zero-order chi connectivity index (χ0) is 22.6. The summed E-state index contributed by atoms with van der Waals surface area (Å²) in [5.74, 6) is -0.382. The van der Waals surface area contributed by atoms with Gasteiger partial charge in [-0.2, -0.15) is 9.40 Å². The van der Waals surface area contributed by atoms with E-state index in [0.717, 1.165) is 12.8 Å². The molecular weight excluding hydrogens is 418 g/mol. The van der Waals surface area contributed by atoms with E-state index in [1.165, 1.54) is 29.6 Å². The molecule has 0 unspecified atom stereocenters. The molecule has 1 aliphatic rings. The quantitative estimate of drug-likeness (QED) is 0.677. The standard InChI is InChI=1S/C21H29N5O4S/c1-4-25(5-2)21(28)18-14-22-24-20(18)19-8-6-7-13-26(19)31(29,30)17-11-9-16(10-12-17)23-15(3)27/h9-12,14,19H,4-8,13H2,1-3H3,(H,22,24)(H,23,27)/t19-/m0/s1. The number of aromatic amines is 1. The van der Waals surface area contributed by atoms with Crippen LogP contribution < -0.4 is 5.32 Å². The Balaban J connectivity index is 1.94. The molecule has 2 heterocycles. The largest absolute Gasteiger partial charge is 0.339 e. The number of anilines is 1. The number of carbonyl (C=O) groups excluding carboxylic acids is 2. The Morgan fingerprint density at radius 3 is 2.48 bits per heavy atom. The van der Waals surface area contributed by atoms with Crippen LogP contribution in [0.25, 0.3) is 0 Å². The number of nitrogens with one attached hydrogen (secondary N) is 2.